The molecule has 4 heterocycles. The molecule has 67 heavy (non-hydrogen) atoms. The first kappa shape index (κ1) is 51.0. The van der Waals surface area contributed by atoms with Crippen molar-refractivity contribution in [2.75, 3.05) is 6.61 Å². The van der Waals surface area contributed by atoms with E-state index in [1.165, 1.54) is 43.4 Å². The average Bonchev–Trinajstić information content (AvgIpc) is 3.76. The first-order valence-electron chi connectivity index (χ1n) is 22.0. The van der Waals surface area contributed by atoms with Crippen LogP contribution in [-0.4, -0.2) is 115 Å². The quantitative estimate of drug-likeness (QED) is 0.0427. The predicted octanol–water partition coefficient (Wildman–Crippen LogP) is 5.64. The van der Waals surface area contributed by atoms with Gasteiger partial charge in [0.25, 0.3) is 0 Å². The molecule has 3 fully saturated rings. The Labute approximate surface area is 390 Å². The summed E-state index contributed by atoms with van der Waals surface area (Å²) in [4.78, 5) is 70.7. The molecule has 4 N–H and O–H groups in total. The van der Waals surface area contributed by atoms with Crippen molar-refractivity contribution >= 4 is 51.1 Å². The monoisotopic (exact) mass is 954 g/mol. The molecule has 12 atom stereocenters. The fraction of sp³-hybridized carbons (Fsp3) is 0.553. The van der Waals surface area contributed by atoms with E-state index in [9.17, 15) is 49.7 Å². The Bertz CT molecular complexity index is 2330. The summed E-state index contributed by atoms with van der Waals surface area (Å²) in [5, 5.41) is 56.0. The number of aromatic nitrogens is 1. The molecule has 364 valence electrons. The Morgan fingerprint density at radius 1 is 1.01 bits per heavy atom. The molecule has 0 saturated carbocycles. The van der Waals surface area contributed by atoms with Gasteiger partial charge in [-0.25, -0.2) is 14.6 Å². The number of aryl methyl sites for hydroxylation is 1. The molecule has 2 aromatic carbocycles. The third-order valence-electron chi connectivity index (χ3n) is 12.7. The number of benzene rings is 2. The van der Waals surface area contributed by atoms with Crippen molar-refractivity contribution in [2.45, 2.75) is 140 Å². The summed E-state index contributed by atoms with van der Waals surface area (Å²) in [6.07, 6.45) is -10.1. The average molecular weight is 955 g/mol. The lowest BCUT2D eigenvalue weighted by atomic mass is 9.71. The number of fused-ring (bicyclic) bond motifs is 2. The van der Waals surface area contributed by atoms with E-state index in [0.717, 1.165) is 27.4 Å². The van der Waals surface area contributed by atoms with Crippen LogP contribution in [0.1, 0.15) is 88.5 Å². The number of epoxide rings is 1. The zero-order valence-electron chi connectivity index (χ0n) is 37.9. The molecule has 20 heteroatoms. The standard InChI is InChI=1S/C47H58N2O17S/c1-8-11-28-37(51)24(3)12-10-17-47(7)35(66-47)21-32(27-14-16-33-29(20-27)48-25(4)67-33)62-36(50)22-34(46(5,6)42(28)55)64-45(57)61-23-26-13-15-31(30(19-26)49(58)59)63-44-40(54)38(52)39(53)41(65-44)43(56)60-18-9-2/h8-9,13-16,19-20,24,28,32,34-35,37-41,44,51-54H,1-2,10-12,17-18,21-23H2,3-7H3/t24-,28+,32-,34-,35-,37-,38-,39-,40+,41-,44+,47+/m0/s1. The van der Waals surface area contributed by atoms with Gasteiger partial charge >= 0.3 is 23.8 Å². The number of nitro benzene ring substituents is 1. The highest BCUT2D eigenvalue weighted by molar-refractivity contribution is 7.18. The number of hydrogen-bond donors (Lipinski definition) is 4. The SMILES string of the molecule is C=CCOC(=O)[C@H]1O[C@@H](Oc2ccc(COC(=O)O[C@H]3CC(=O)O[C@H](c4ccc5sc(C)nc5c4)C[C@@H]4O[C@]4(C)CCC[C@H](C)[C@H](O)[C@@H](CC=C)C(=O)C3(C)C)cc2[N+](=O)[O-])[C@H](O)[C@@H](O)[C@@H]1O. The second-order valence-corrected chi connectivity index (χ2v) is 19.2. The van der Waals surface area contributed by atoms with Crippen LogP contribution in [0.4, 0.5) is 10.5 Å². The van der Waals surface area contributed by atoms with Crippen molar-refractivity contribution < 1.29 is 77.7 Å². The number of carbonyl (C=O) groups excluding carboxylic acids is 4. The van der Waals surface area contributed by atoms with Gasteiger partial charge in [0.15, 0.2) is 11.9 Å². The smallest absolute Gasteiger partial charge is 0.459 e. The lowest BCUT2D eigenvalue weighted by Crippen LogP contribution is -2.61. The van der Waals surface area contributed by atoms with Gasteiger partial charge in [-0.15, -0.1) is 17.9 Å². The van der Waals surface area contributed by atoms with E-state index in [1.54, 1.807) is 0 Å². The number of aliphatic hydroxyl groups is 4. The van der Waals surface area contributed by atoms with Crippen LogP contribution < -0.4 is 4.74 Å². The largest absolute Gasteiger partial charge is 0.508 e. The van der Waals surface area contributed by atoms with Gasteiger partial charge in [0.05, 0.1) is 49.8 Å². The number of thiazole rings is 1. The van der Waals surface area contributed by atoms with Crippen molar-refractivity contribution in [3.63, 3.8) is 0 Å². The van der Waals surface area contributed by atoms with Gasteiger partial charge < -0.3 is 53.6 Å². The third-order valence-corrected chi connectivity index (χ3v) is 13.7. The van der Waals surface area contributed by atoms with Crippen LogP contribution in [0.3, 0.4) is 0 Å². The minimum Gasteiger partial charge on any atom is -0.459 e. The van der Waals surface area contributed by atoms with E-state index in [-0.39, 0.29) is 30.6 Å². The Morgan fingerprint density at radius 3 is 2.46 bits per heavy atom. The highest BCUT2D eigenvalue weighted by Gasteiger charge is 2.54. The summed E-state index contributed by atoms with van der Waals surface area (Å²) in [6.45, 7) is 15.1. The zero-order chi connectivity index (χ0) is 49.0. The number of carbonyl (C=O) groups is 4. The summed E-state index contributed by atoms with van der Waals surface area (Å²) < 4.78 is 40.3. The molecule has 0 spiro atoms. The molecule has 0 unspecified atom stereocenters. The van der Waals surface area contributed by atoms with E-state index in [4.69, 9.17) is 33.2 Å². The molecule has 19 nitrogen and oxygen atoms in total. The maximum absolute atomic E-state index is 14.6. The molecule has 0 aliphatic carbocycles. The van der Waals surface area contributed by atoms with E-state index in [1.807, 2.05) is 39.0 Å². The van der Waals surface area contributed by atoms with Gasteiger partial charge in [-0.05, 0) is 82.2 Å². The maximum Gasteiger partial charge on any atom is 0.508 e. The number of ether oxygens (including phenoxy) is 7. The minimum atomic E-state index is -1.97. The van der Waals surface area contributed by atoms with E-state index >= 15 is 0 Å². The van der Waals surface area contributed by atoms with Crippen LogP contribution in [-0.2, 0) is 49.4 Å². The Hall–Kier alpha value is -5.35. The third kappa shape index (κ3) is 11.9. The number of ketones is 1. The molecule has 1 aromatic heterocycles. The predicted molar refractivity (Wildman–Crippen MR) is 238 cm³/mol. The summed E-state index contributed by atoms with van der Waals surface area (Å²) in [7, 11) is 0. The Morgan fingerprint density at radius 2 is 1.76 bits per heavy atom. The van der Waals surface area contributed by atoms with Gasteiger partial charge in [0.2, 0.25) is 6.29 Å². The van der Waals surface area contributed by atoms with Gasteiger partial charge in [-0.3, -0.25) is 19.7 Å². The molecule has 3 aliphatic heterocycles. The first-order valence-corrected chi connectivity index (χ1v) is 22.8. The van der Waals surface area contributed by atoms with Crippen LogP contribution >= 0.6 is 11.3 Å². The summed E-state index contributed by atoms with van der Waals surface area (Å²) in [6, 6.07) is 8.98. The molecule has 3 saturated heterocycles. The van der Waals surface area contributed by atoms with E-state index in [2.05, 4.69) is 18.1 Å². The number of nitro groups is 1. The van der Waals surface area contributed by atoms with Crippen molar-refractivity contribution in [1.82, 2.24) is 4.98 Å². The topological polar surface area (TPSA) is 273 Å². The van der Waals surface area contributed by atoms with Crippen LogP contribution in [0.5, 0.6) is 5.75 Å². The molecular formula is C47H58N2O17S. The summed E-state index contributed by atoms with van der Waals surface area (Å²) >= 11 is 1.53. The highest BCUT2D eigenvalue weighted by atomic mass is 32.1. The highest BCUT2D eigenvalue weighted by Crippen LogP contribution is 2.47. The van der Waals surface area contributed by atoms with Crippen LogP contribution in [0, 0.1) is 34.3 Å². The second-order valence-electron chi connectivity index (χ2n) is 18.0. The minimum absolute atomic E-state index is 0.0442. The lowest BCUT2D eigenvalue weighted by Gasteiger charge is -2.38. The van der Waals surface area contributed by atoms with Gasteiger partial charge in [-0.2, -0.15) is 0 Å². The number of nitrogens with zero attached hydrogens (tertiary/aromatic N) is 2. The van der Waals surface area contributed by atoms with Crippen molar-refractivity contribution in [2.24, 2.45) is 17.3 Å². The number of allylic oxidation sites excluding steroid dienone is 1. The maximum atomic E-state index is 14.6. The van der Waals surface area contributed by atoms with Crippen molar-refractivity contribution in [3.05, 3.63) is 88.0 Å². The Balaban J connectivity index is 1.23. The lowest BCUT2D eigenvalue weighted by molar-refractivity contribution is -0.387. The van der Waals surface area contributed by atoms with Crippen LogP contribution in [0.2, 0.25) is 0 Å². The molecule has 0 radical (unpaired) electrons. The number of rotatable bonds is 12. The molecule has 3 aromatic rings. The van der Waals surface area contributed by atoms with Crippen LogP contribution in [0.25, 0.3) is 10.2 Å². The fourth-order valence-electron chi connectivity index (χ4n) is 8.55. The normalized spacial score (nSPS) is 31.4. The first-order chi connectivity index (χ1) is 31.7. The number of cyclic esters (lactones) is 1. The summed E-state index contributed by atoms with van der Waals surface area (Å²) in [5.74, 6) is -4.22. The van der Waals surface area contributed by atoms with Gasteiger partial charge in [0, 0.05) is 18.4 Å². The second kappa shape index (κ2) is 21.3. The number of esters is 2. The molecule has 6 rings (SSSR count). The molecule has 0 bridgehead atoms. The van der Waals surface area contributed by atoms with Crippen LogP contribution in [0.15, 0.2) is 61.7 Å². The van der Waals surface area contributed by atoms with Gasteiger partial charge in [-0.1, -0.05) is 44.2 Å². The van der Waals surface area contributed by atoms with E-state index in [0.29, 0.717) is 31.2 Å². The fourth-order valence-corrected chi connectivity index (χ4v) is 9.36. The Kier molecular flexibility index (Phi) is 16.2. The number of aliphatic hydroxyl groups excluding tert-OH is 4. The molecular weight excluding hydrogens is 897 g/mol. The molecule has 0 amide bonds. The molecule has 3 aliphatic rings. The van der Waals surface area contributed by atoms with Gasteiger partial charge in [0.1, 0.15) is 49.5 Å². The number of Topliss-reactive ketones (excluding diaryl/α,β-unsaturated/α-hetero) is 1. The van der Waals surface area contributed by atoms with E-state index < -0.39 is 119 Å². The van der Waals surface area contributed by atoms with Crippen molar-refractivity contribution in [3.8, 4) is 5.75 Å². The van der Waals surface area contributed by atoms with Crippen molar-refractivity contribution in [1.29, 1.82) is 0 Å². The zero-order valence-corrected chi connectivity index (χ0v) is 38.8. The summed E-state index contributed by atoms with van der Waals surface area (Å²) in [5.41, 5.74) is -1.37. The number of hydrogen-bond acceptors (Lipinski definition) is 19.